The quantitative estimate of drug-likeness (QED) is 0.857. The van der Waals surface area contributed by atoms with Crippen molar-refractivity contribution in [3.8, 4) is 0 Å². The summed E-state index contributed by atoms with van der Waals surface area (Å²) in [7, 11) is 0. The molecule has 0 saturated heterocycles. The lowest BCUT2D eigenvalue weighted by atomic mass is 9.95. The zero-order valence-corrected chi connectivity index (χ0v) is 11.0. The number of carboxylic acids is 1. The standard InChI is InChI=1S/C14H19NO3/c1-14(2,3)13(18)15-9-11-7-5-4-6-10(11)8-12(16)17/h4-7H,8-9H2,1-3H3,(H,15,18)(H,16,17). The van der Waals surface area contributed by atoms with E-state index in [0.29, 0.717) is 6.54 Å². The van der Waals surface area contributed by atoms with E-state index in [1.165, 1.54) is 0 Å². The molecule has 98 valence electrons. The molecule has 1 rings (SSSR count). The third-order valence-electron chi connectivity index (χ3n) is 2.58. The van der Waals surface area contributed by atoms with E-state index in [1.54, 1.807) is 12.1 Å². The minimum absolute atomic E-state index is 0.0262. The Morgan fingerprint density at radius 1 is 1.17 bits per heavy atom. The number of carbonyl (C=O) groups is 2. The van der Waals surface area contributed by atoms with Crippen molar-refractivity contribution in [1.29, 1.82) is 0 Å². The number of nitrogens with one attached hydrogen (secondary N) is 1. The van der Waals surface area contributed by atoms with Crippen LogP contribution in [-0.2, 0) is 22.6 Å². The molecule has 0 aliphatic heterocycles. The van der Waals surface area contributed by atoms with Gasteiger partial charge >= 0.3 is 5.97 Å². The van der Waals surface area contributed by atoms with E-state index in [-0.39, 0.29) is 12.3 Å². The van der Waals surface area contributed by atoms with Gasteiger partial charge in [-0.05, 0) is 11.1 Å². The highest BCUT2D eigenvalue weighted by atomic mass is 16.4. The van der Waals surface area contributed by atoms with Gasteiger partial charge in [0.05, 0.1) is 6.42 Å². The average molecular weight is 249 g/mol. The predicted molar refractivity (Wildman–Crippen MR) is 69.1 cm³/mol. The Hall–Kier alpha value is -1.84. The molecule has 0 saturated carbocycles. The van der Waals surface area contributed by atoms with Crippen LogP contribution in [0.1, 0.15) is 31.9 Å². The maximum absolute atomic E-state index is 11.7. The number of amides is 1. The van der Waals surface area contributed by atoms with Crippen LogP contribution in [0.25, 0.3) is 0 Å². The van der Waals surface area contributed by atoms with E-state index in [2.05, 4.69) is 5.32 Å². The Morgan fingerprint density at radius 3 is 2.22 bits per heavy atom. The van der Waals surface area contributed by atoms with Crippen molar-refractivity contribution >= 4 is 11.9 Å². The van der Waals surface area contributed by atoms with Crippen molar-refractivity contribution in [2.45, 2.75) is 33.7 Å². The number of carboxylic acid groups (broad SMARTS) is 1. The van der Waals surface area contributed by atoms with Crippen LogP contribution >= 0.6 is 0 Å². The fourth-order valence-corrected chi connectivity index (χ4v) is 1.51. The lowest BCUT2D eigenvalue weighted by molar-refractivity contribution is -0.136. The first-order valence-corrected chi connectivity index (χ1v) is 5.87. The molecular formula is C14H19NO3. The highest BCUT2D eigenvalue weighted by Crippen LogP contribution is 2.14. The van der Waals surface area contributed by atoms with Crippen molar-refractivity contribution in [1.82, 2.24) is 5.32 Å². The Kier molecular flexibility index (Phi) is 4.48. The molecule has 0 bridgehead atoms. The van der Waals surface area contributed by atoms with Crippen molar-refractivity contribution < 1.29 is 14.7 Å². The van der Waals surface area contributed by atoms with E-state index < -0.39 is 11.4 Å². The smallest absolute Gasteiger partial charge is 0.307 e. The second-order valence-electron chi connectivity index (χ2n) is 5.27. The molecule has 1 aromatic rings. The second kappa shape index (κ2) is 5.67. The molecule has 0 unspecified atom stereocenters. The molecule has 0 spiro atoms. The Labute approximate surface area is 107 Å². The molecule has 4 heteroatoms. The molecule has 0 aromatic heterocycles. The lowest BCUT2D eigenvalue weighted by Crippen LogP contribution is -2.34. The normalized spacial score (nSPS) is 11.1. The lowest BCUT2D eigenvalue weighted by Gasteiger charge is -2.18. The first-order valence-electron chi connectivity index (χ1n) is 5.87. The Balaban J connectivity index is 2.73. The van der Waals surface area contributed by atoms with Gasteiger partial charge in [0, 0.05) is 12.0 Å². The van der Waals surface area contributed by atoms with Gasteiger partial charge in [-0.15, -0.1) is 0 Å². The highest BCUT2D eigenvalue weighted by Gasteiger charge is 2.20. The van der Waals surface area contributed by atoms with Crippen LogP contribution in [0.2, 0.25) is 0 Å². The third kappa shape index (κ3) is 4.20. The van der Waals surface area contributed by atoms with Crippen LogP contribution in [0.3, 0.4) is 0 Å². The van der Waals surface area contributed by atoms with Crippen molar-refractivity contribution in [2.24, 2.45) is 5.41 Å². The summed E-state index contributed by atoms with van der Waals surface area (Å²) < 4.78 is 0. The summed E-state index contributed by atoms with van der Waals surface area (Å²) in [5.41, 5.74) is 1.14. The molecule has 1 aromatic carbocycles. The molecular weight excluding hydrogens is 230 g/mol. The zero-order valence-electron chi connectivity index (χ0n) is 11.0. The van der Waals surface area contributed by atoms with Crippen LogP contribution in [-0.4, -0.2) is 17.0 Å². The number of rotatable bonds is 4. The van der Waals surface area contributed by atoms with Crippen LogP contribution in [0.4, 0.5) is 0 Å². The largest absolute Gasteiger partial charge is 0.481 e. The molecule has 0 heterocycles. The third-order valence-corrected chi connectivity index (χ3v) is 2.58. The molecule has 0 atom stereocenters. The summed E-state index contributed by atoms with van der Waals surface area (Å²) in [6, 6.07) is 7.24. The maximum atomic E-state index is 11.7. The van der Waals surface area contributed by atoms with Gasteiger partial charge < -0.3 is 10.4 Å². The van der Waals surface area contributed by atoms with Gasteiger partial charge in [-0.1, -0.05) is 45.0 Å². The summed E-state index contributed by atoms with van der Waals surface area (Å²) in [6.45, 7) is 5.88. The number of benzene rings is 1. The first-order chi connectivity index (χ1) is 8.30. The van der Waals surface area contributed by atoms with Crippen molar-refractivity contribution in [3.05, 3.63) is 35.4 Å². The molecule has 0 fully saturated rings. The van der Waals surface area contributed by atoms with Crippen molar-refractivity contribution in [3.63, 3.8) is 0 Å². The van der Waals surface area contributed by atoms with Gasteiger partial charge in [0.25, 0.3) is 0 Å². The minimum atomic E-state index is -0.871. The van der Waals surface area contributed by atoms with Crippen LogP contribution in [0.15, 0.2) is 24.3 Å². The minimum Gasteiger partial charge on any atom is -0.481 e. The molecule has 2 N–H and O–H groups in total. The summed E-state index contributed by atoms with van der Waals surface area (Å²) in [5.74, 6) is -0.919. The van der Waals surface area contributed by atoms with Gasteiger partial charge in [0.2, 0.25) is 5.91 Å². The summed E-state index contributed by atoms with van der Waals surface area (Å²) in [6.07, 6.45) is -0.0262. The first kappa shape index (κ1) is 14.2. The van der Waals surface area contributed by atoms with Crippen molar-refractivity contribution in [2.75, 3.05) is 0 Å². The number of carbonyl (C=O) groups excluding carboxylic acids is 1. The topological polar surface area (TPSA) is 66.4 Å². The van der Waals surface area contributed by atoms with E-state index in [4.69, 9.17) is 5.11 Å². The molecule has 1 amide bonds. The molecule has 0 aliphatic rings. The predicted octanol–water partition coefficient (Wildman–Crippen LogP) is 1.98. The molecule has 0 radical (unpaired) electrons. The second-order valence-corrected chi connectivity index (χ2v) is 5.27. The Bertz CT molecular complexity index is 447. The van der Waals surface area contributed by atoms with E-state index in [1.807, 2.05) is 32.9 Å². The zero-order chi connectivity index (χ0) is 13.8. The molecule has 4 nitrogen and oxygen atoms in total. The average Bonchev–Trinajstić information content (AvgIpc) is 2.25. The monoisotopic (exact) mass is 249 g/mol. The number of hydrogen-bond donors (Lipinski definition) is 2. The molecule has 18 heavy (non-hydrogen) atoms. The fraction of sp³-hybridized carbons (Fsp3) is 0.429. The maximum Gasteiger partial charge on any atom is 0.307 e. The van der Waals surface area contributed by atoms with E-state index in [9.17, 15) is 9.59 Å². The van der Waals surface area contributed by atoms with Crippen LogP contribution in [0.5, 0.6) is 0 Å². The summed E-state index contributed by atoms with van der Waals surface area (Å²) >= 11 is 0. The summed E-state index contributed by atoms with van der Waals surface area (Å²) in [4.78, 5) is 22.5. The van der Waals surface area contributed by atoms with Gasteiger partial charge in [-0.2, -0.15) is 0 Å². The van der Waals surface area contributed by atoms with Gasteiger partial charge in [-0.25, -0.2) is 0 Å². The van der Waals surface area contributed by atoms with E-state index >= 15 is 0 Å². The fourth-order valence-electron chi connectivity index (χ4n) is 1.51. The SMILES string of the molecule is CC(C)(C)C(=O)NCc1ccccc1CC(=O)O. The highest BCUT2D eigenvalue weighted by molar-refractivity contribution is 5.81. The van der Waals surface area contributed by atoms with Crippen LogP contribution in [0, 0.1) is 5.41 Å². The van der Waals surface area contributed by atoms with Gasteiger partial charge in [-0.3, -0.25) is 9.59 Å². The number of aliphatic carboxylic acids is 1. The van der Waals surface area contributed by atoms with Gasteiger partial charge in [0.1, 0.15) is 0 Å². The Morgan fingerprint density at radius 2 is 1.72 bits per heavy atom. The molecule has 0 aliphatic carbocycles. The van der Waals surface area contributed by atoms with E-state index in [0.717, 1.165) is 11.1 Å². The summed E-state index contributed by atoms with van der Waals surface area (Å²) in [5, 5.41) is 11.6. The van der Waals surface area contributed by atoms with Crippen LogP contribution < -0.4 is 5.32 Å². The number of hydrogen-bond acceptors (Lipinski definition) is 2. The van der Waals surface area contributed by atoms with Gasteiger partial charge in [0.15, 0.2) is 0 Å².